The highest BCUT2D eigenvalue weighted by Gasteiger charge is 2.20. The standard InChI is InChI=1S/C16H22N4O3/c1-3-18-11-12(10-17)13-8-14(19-21)16(22-2)9-15(13)20-4-6-23-7-5-20/h8-11,17-18H,3-7H2,1-2H3/b12-11+,17-10?. The first-order valence-electron chi connectivity index (χ1n) is 7.57. The van der Waals surface area contributed by atoms with E-state index >= 15 is 0 Å². The molecule has 2 rings (SSSR count). The molecule has 0 bridgehead atoms. The van der Waals surface area contributed by atoms with Gasteiger partial charge >= 0.3 is 0 Å². The van der Waals surface area contributed by atoms with E-state index in [1.165, 1.54) is 13.3 Å². The van der Waals surface area contributed by atoms with E-state index in [1.807, 2.05) is 6.92 Å². The molecule has 0 aromatic heterocycles. The van der Waals surface area contributed by atoms with Gasteiger partial charge in [0.15, 0.2) is 5.69 Å². The van der Waals surface area contributed by atoms with Crippen LogP contribution in [0.5, 0.6) is 5.75 Å². The molecule has 1 aliphatic heterocycles. The number of methoxy groups -OCH3 is 1. The quantitative estimate of drug-likeness (QED) is 0.596. The lowest BCUT2D eigenvalue weighted by Gasteiger charge is -2.31. The monoisotopic (exact) mass is 318 g/mol. The Morgan fingerprint density at radius 3 is 2.78 bits per heavy atom. The van der Waals surface area contributed by atoms with Crippen molar-refractivity contribution in [1.29, 1.82) is 5.41 Å². The molecule has 0 spiro atoms. The number of benzene rings is 1. The number of hydrogen-bond acceptors (Lipinski definition) is 7. The predicted octanol–water partition coefficient (Wildman–Crippen LogP) is 2.53. The summed E-state index contributed by atoms with van der Waals surface area (Å²) in [5.74, 6) is 0.429. The number of rotatable bonds is 7. The number of morpholine rings is 1. The summed E-state index contributed by atoms with van der Waals surface area (Å²) in [7, 11) is 1.51. The summed E-state index contributed by atoms with van der Waals surface area (Å²) in [6.07, 6.45) is 3.04. The second kappa shape index (κ2) is 8.28. The van der Waals surface area contributed by atoms with Gasteiger partial charge in [-0.1, -0.05) is 0 Å². The molecule has 7 nitrogen and oxygen atoms in total. The molecule has 0 saturated carbocycles. The van der Waals surface area contributed by atoms with Gasteiger partial charge in [-0.15, -0.1) is 4.91 Å². The van der Waals surface area contributed by atoms with Crippen LogP contribution in [0.1, 0.15) is 12.5 Å². The van der Waals surface area contributed by atoms with Crippen molar-refractivity contribution in [2.75, 3.05) is 44.9 Å². The van der Waals surface area contributed by atoms with E-state index in [9.17, 15) is 4.91 Å². The van der Waals surface area contributed by atoms with Crippen molar-refractivity contribution < 1.29 is 9.47 Å². The van der Waals surface area contributed by atoms with E-state index in [1.54, 1.807) is 18.3 Å². The number of allylic oxidation sites excluding steroid dienone is 1. The highest BCUT2D eigenvalue weighted by atomic mass is 16.5. The van der Waals surface area contributed by atoms with Crippen molar-refractivity contribution in [1.82, 2.24) is 5.32 Å². The van der Waals surface area contributed by atoms with Crippen LogP contribution in [0.15, 0.2) is 23.5 Å². The van der Waals surface area contributed by atoms with E-state index < -0.39 is 0 Å². The van der Waals surface area contributed by atoms with Gasteiger partial charge in [-0.3, -0.25) is 0 Å². The van der Waals surface area contributed by atoms with E-state index in [0.717, 1.165) is 30.9 Å². The molecule has 0 unspecified atom stereocenters. The van der Waals surface area contributed by atoms with Crippen LogP contribution in [0.4, 0.5) is 11.4 Å². The Morgan fingerprint density at radius 2 is 2.22 bits per heavy atom. The summed E-state index contributed by atoms with van der Waals surface area (Å²) < 4.78 is 10.7. The van der Waals surface area contributed by atoms with Crippen LogP contribution in [-0.2, 0) is 4.74 Å². The zero-order chi connectivity index (χ0) is 16.7. The Balaban J connectivity index is 2.55. The first-order valence-corrected chi connectivity index (χ1v) is 7.57. The van der Waals surface area contributed by atoms with Gasteiger partial charge in [0.2, 0.25) is 0 Å². The van der Waals surface area contributed by atoms with Gasteiger partial charge in [0.05, 0.1) is 20.3 Å². The smallest absolute Gasteiger partial charge is 0.150 e. The molecular formula is C16H22N4O3. The van der Waals surface area contributed by atoms with Crippen LogP contribution in [0.25, 0.3) is 5.57 Å². The van der Waals surface area contributed by atoms with Gasteiger partial charge in [0.25, 0.3) is 0 Å². The number of ether oxygens (including phenoxy) is 2. The minimum atomic E-state index is 0.226. The Labute approximate surface area is 135 Å². The molecule has 23 heavy (non-hydrogen) atoms. The van der Waals surface area contributed by atoms with E-state index in [4.69, 9.17) is 14.9 Å². The predicted molar refractivity (Wildman–Crippen MR) is 91.9 cm³/mol. The Kier molecular flexibility index (Phi) is 6.10. The first-order chi connectivity index (χ1) is 11.2. The summed E-state index contributed by atoms with van der Waals surface area (Å²) in [6, 6.07) is 3.48. The van der Waals surface area contributed by atoms with E-state index in [2.05, 4.69) is 15.4 Å². The van der Waals surface area contributed by atoms with Gasteiger partial charge < -0.3 is 25.1 Å². The second-order valence-corrected chi connectivity index (χ2v) is 5.03. The molecule has 0 atom stereocenters. The van der Waals surface area contributed by atoms with Gasteiger partial charge in [-0.25, -0.2) is 0 Å². The lowest BCUT2D eigenvalue weighted by atomic mass is 10.0. The van der Waals surface area contributed by atoms with Crippen molar-refractivity contribution in [3.05, 3.63) is 28.8 Å². The SMILES string of the molecule is CCN/C=C(\C=N)c1cc(N=O)c(OC)cc1N1CCOCC1. The normalized spacial score (nSPS) is 15.2. The molecule has 1 aromatic rings. The zero-order valence-electron chi connectivity index (χ0n) is 13.5. The van der Waals surface area contributed by atoms with Crippen molar-refractivity contribution >= 4 is 23.2 Å². The second-order valence-electron chi connectivity index (χ2n) is 5.03. The lowest BCUT2D eigenvalue weighted by Crippen LogP contribution is -2.36. The maximum absolute atomic E-state index is 11.1. The topological polar surface area (TPSA) is 87.0 Å². The molecule has 1 aromatic carbocycles. The molecule has 1 saturated heterocycles. The minimum Gasteiger partial charge on any atom is -0.494 e. The summed E-state index contributed by atoms with van der Waals surface area (Å²) in [5.41, 5.74) is 2.59. The van der Waals surface area contributed by atoms with Gasteiger partial charge in [-0.2, -0.15) is 0 Å². The third-order valence-electron chi connectivity index (χ3n) is 3.68. The fraction of sp³-hybridized carbons (Fsp3) is 0.438. The summed E-state index contributed by atoms with van der Waals surface area (Å²) in [4.78, 5) is 13.3. The Hall–Kier alpha value is -2.41. The van der Waals surface area contributed by atoms with Crippen molar-refractivity contribution in [3.8, 4) is 5.75 Å². The number of nitrogens with zero attached hydrogens (tertiary/aromatic N) is 2. The molecule has 0 aliphatic carbocycles. The van der Waals surface area contributed by atoms with Gasteiger partial charge in [0, 0.05) is 54.9 Å². The average molecular weight is 318 g/mol. The van der Waals surface area contributed by atoms with Crippen LogP contribution in [-0.4, -0.2) is 46.2 Å². The molecule has 124 valence electrons. The lowest BCUT2D eigenvalue weighted by molar-refractivity contribution is 0.122. The number of hydrogen-bond donors (Lipinski definition) is 2. The van der Waals surface area contributed by atoms with E-state index in [0.29, 0.717) is 24.5 Å². The number of nitrogens with one attached hydrogen (secondary N) is 2. The molecule has 2 N–H and O–H groups in total. The van der Waals surface area contributed by atoms with Crippen LogP contribution < -0.4 is 15.0 Å². The molecule has 1 aliphatic rings. The number of nitroso groups, excluding NO2 is 1. The van der Waals surface area contributed by atoms with Gasteiger partial charge in [0.1, 0.15) is 5.75 Å². The van der Waals surface area contributed by atoms with Crippen molar-refractivity contribution in [2.45, 2.75) is 6.92 Å². The highest BCUT2D eigenvalue weighted by Crippen LogP contribution is 2.38. The Morgan fingerprint density at radius 1 is 1.48 bits per heavy atom. The maximum atomic E-state index is 11.1. The summed E-state index contributed by atoms with van der Waals surface area (Å²) in [5, 5.41) is 13.8. The summed E-state index contributed by atoms with van der Waals surface area (Å²) in [6.45, 7) is 5.51. The molecule has 1 fully saturated rings. The first kappa shape index (κ1) is 17.0. The molecule has 7 heteroatoms. The van der Waals surface area contributed by atoms with E-state index in [-0.39, 0.29) is 5.69 Å². The Bertz CT molecular complexity index is 595. The molecule has 0 radical (unpaired) electrons. The molecule has 0 amide bonds. The molecule has 1 heterocycles. The van der Waals surface area contributed by atoms with Gasteiger partial charge in [-0.05, 0) is 18.2 Å². The zero-order valence-corrected chi connectivity index (χ0v) is 13.5. The molecular weight excluding hydrogens is 296 g/mol. The van der Waals surface area contributed by atoms with Crippen molar-refractivity contribution in [2.24, 2.45) is 5.18 Å². The van der Waals surface area contributed by atoms with Crippen LogP contribution in [0.2, 0.25) is 0 Å². The van der Waals surface area contributed by atoms with Crippen LogP contribution in [0, 0.1) is 10.3 Å². The largest absolute Gasteiger partial charge is 0.494 e. The average Bonchev–Trinajstić information content (AvgIpc) is 2.62. The van der Waals surface area contributed by atoms with Crippen LogP contribution >= 0.6 is 0 Å². The minimum absolute atomic E-state index is 0.226. The highest BCUT2D eigenvalue weighted by molar-refractivity contribution is 6.11. The third-order valence-corrected chi connectivity index (χ3v) is 3.68. The maximum Gasteiger partial charge on any atom is 0.150 e. The fourth-order valence-corrected chi connectivity index (χ4v) is 2.50. The van der Waals surface area contributed by atoms with Crippen molar-refractivity contribution in [3.63, 3.8) is 0 Å². The fourth-order valence-electron chi connectivity index (χ4n) is 2.50. The summed E-state index contributed by atoms with van der Waals surface area (Å²) >= 11 is 0. The third kappa shape index (κ3) is 3.87. The number of anilines is 1. The van der Waals surface area contributed by atoms with Crippen LogP contribution in [0.3, 0.4) is 0 Å².